The van der Waals surface area contributed by atoms with Crippen molar-refractivity contribution in [2.75, 3.05) is 13.7 Å². The van der Waals surface area contributed by atoms with Gasteiger partial charge in [0.25, 0.3) is 0 Å². The fraction of sp³-hybridized carbons (Fsp3) is 0.417. The number of rotatable bonds is 6. The van der Waals surface area contributed by atoms with Crippen LogP contribution < -0.4 is 4.74 Å². The summed E-state index contributed by atoms with van der Waals surface area (Å²) in [4.78, 5) is 10.5. The second kappa shape index (κ2) is 6.03. The maximum absolute atomic E-state index is 12.1. The van der Waals surface area contributed by atoms with E-state index in [4.69, 9.17) is 9.84 Å². The van der Waals surface area contributed by atoms with Crippen LogP contribution in [-0.2, 0) is 14.8 Å². The van der Waals surface area contributed by atoms with Crippen molar-refractivity contribution in [3.63, 3.8) is 0 Å². The van der Waals surface area contributed by atoms with E-state index in [0.717, 1.165) is 0 Å². The van der Waals surface area contributed by atoms with Crippen molar-refractivity contribution in [1.29, 1.82) is 0 Å². The molecule has 0 atom stereocenters. The molecule has 0 saturated heterocycles. The van der Waals surface area contributed by atoms with E-state index in [9.17, 15) is 13.2 Å². The Morgan fingerprint density at radius 1 is 1.32 bits per heavy atom. The topological polar surface area (TPSA) is 83.9 Å². The van der Waals surface area contributed by atoms with Gasteiger partial charge in [0, 0.05) is 13.1 Å². The van der Waals surface area contributed by atoms with E-state index in [2.05, 4.69) is 0 Å². The Kier molecular flexibility index (Phi) is 4.90. The summed E-state index contributed by atoms with van der Waals surface area (Å²) in [5.74, 6) is -0.773. The average molecular weight is 287 g/mol. The number of ether oxygens (including phenoxy) is 1. The molecule has 0 bridgehead atoms. The number of aliphatic carboxylic acids is 1. The lowest BCUT2D eigenvalue weighted by molar-refractivity contribution is -0.139. The molecule has 0 aliphatic rings. The minimum Gasteiger partial charge on any atom is -0.482 e. The van der Waals surface area contributed by atoms with Gasteiger partial charge in [0.15, 0.2) is 6.61 Å². The lowest BCUT2D eigenvalue weighted by Gasteiger charge is -2.21. The van der Waals surface area contributed by atoms with E-state index in [-0.39, 0.29) is 10.9 Å². The molecule has 1 N–H and O–H groups in total. The summed E-state index contributed by atoms with van der Waals surface area (Å²) in [6, 6.07) is 5.51. The summed E-state index contributed by atoms with van der Waals surface area (Å²) in [6.45, 7) is 3.10. The van der Waals surface area contributed by atoms with Gasteiger partial charge in [-0.15, -0.1) is 0 Å². The van der Waals surface area contributed by atoms with E-state index in [1.807, 2.05) is 0 Å². The molecule has 19 heavy (non-hydrogen) atoms. The third-order valence-electron chi connectivity index (χ3n) is 2.59. The van der Waals surface area contributed by atoms with Gasteiger partial charge in [-0.3, -0.25) is 0 Å². The van der Waals surface area contributed by atoms with E-state index in [0.29, 0.717) is 5.75 Å². The molecule has 0 unspecified atom stereocenters. The van der Waals surface area contributed by atoms with Crippen molar-refractivity contribution >= 4 is 16.0 Å². The van der Waals surface area contributed by atoms with Crippen LogP contribution in [0.3, 0.4) is 0 Å². The average Bonchev–Trinajstić information content (AvgIpc) is 2.35. The number of benzene rings is 1. The van der Waals surface area contributed by atoms with E-state index < -0.39 is 22.6 Å². The molecule has 0 aliphatic carbocycles. The van der Waals surface area contributed by atoms with Crippen LogP contribution in [-0.4, -0.2) is 43.5 Å². The van der Waals surface area contributed by atoms with Gasteiger partial charge in [-0.05, 0) is 38.1 Å². The number of carboxylic acids is 1. The van der Waals surface area contributed by atoms with Crippen LogP contribution in [0.25, 0.3) is 0 Å². The molecular weight excluding hydrogens is 270 g/mol. The molecule has 0 fully saturated rings. The van der Waals surface area contributed by atoms with E-state index in [1.54, 1.807) is 13.8 Å². The zero-order chi connectivity index (χ0) is 14.6. The third-order valence-corrected chi connectivity index (χ3v) is 4.64. The SMILES string of the molecule is CC(C)N(C)S(=O)(=O)c1ccc(OCC(=O)O)cc1. The molecule has 1 aromatic carbocycles. The highest BCUT2D eigenvalue weighted by Gasteiger charge is 2.22. The van der Waals surface area contributed by atoms with Crippen LogP contribution in [0.15, 0.2) is 29.2 Å². The van der Waals surface area contributed by atoms with Crippen LogP contribution in [0.5, 0.6) is 5.75 Å². The molecule has 0 saturated carbocycles. The number of carbonyl (C=O) groups is 1. The lowest BCUT2D eigenvalue weighted by Crippen LogP contribution is -2.32. The van der Waals surface area contributed by atoms with E-state index >= 15 is 0 Å². The molecule has 6 nitrogen and oxygen atoms in total. The first-order valence-electron chi connectivity index (χ1n) is 5.68. The highest BCUT2D eigenvalue weighted by molar-refractivity contribution is 7.89. The standard InChI is InChI=1S/C12H17NO5S/c1-9(2)13(3)19(16,17)11-6-4-10(5-7-11)18-8-12(14)15/h4-7,9H,8H2,1-3H3,(H,14,15). The minimum atomic E-state index is -3.52. The molecule has 0 spiro atoms. The third kappa shape index (κ3) is 3.93. The van der Waals surface area contributed by atoms with E-state index in [1.165, 1.54) is 35.6 Å². The molecule has 106 valence electrons. The van der Waals surface area contributed by atoms with Gasteiger partial charge in [-0.25, -0.2) is 13.2 Å². The fourth-order valence-electron chi connectivity index (χ4n) is 1.30. The molecule has 0 aromatic heterocycles. The van der Waals surface area contributed by atoms with Crippen LogP contribution in [0.2, 0.25) is 0 Å². The predicted octanol–water partition coefficient (Wildman–Crippen LogP) is 1.18. The number of sulfonamides is 1. The van der Waals surface area contributed by atoms with Crippen molar-refractivity contribution in [3.05, 3.63) is 24.3 Å². The van der Waals surface area contributed by atoms with Gasteiger partial charge < -0.3 is 9.84 Å². The first kappa shape index (κ1) is 15.5. The summed E-state index contributed by atoms with van der Waals surface area (Å²) < 4.78 is 30.5. The Balaban J connectivity index is 2.90. The van der Waals surface area contributed by atoms with Crippen LogP contribution in [0.1, 0.15) is 13.8 Å². The zero-order valence-corrected chi connectivity index (χ0v) is 11.8. The fourth-order valence-corrected chi connectivity index (χ4v) is 2.66. The normalized spacial score (nSPS) is 11.8. The molecule has 0 heterocycles. The molecule has 0 radical (unpaired) electrons. The molecule has 1 rings (SSSR count). The zero-order valence-electron chi connectivity index (χ0n) is 11.0. The maximum Gasteiger partial charge on any atom is 0.341 e. The first-order valence-corrected chi connectivity index (χ1v) is 7.12. The quantitative estimate of drug-likeness (QED) is 0.849. The van der Waals surface area contributed by atoms with Gasteiger partial charge in [-0.2, -0.15) is 4.31 Å². The van der Waals surface area contributed by atoms with Crippen molar-refractivity contribution in [1.82, 2.24) is 4.31 Å². The van der Waals surface area contributed by atoms with Crippen molar-refractivity contribution in [3.8, 4) is 5.75 Å². The number of nitrogens with zero attached hydrogens (tertiary/aromatic N) is 1. The van der Waals surface area contributed by atoms with Gasteiger partial charge in [-0.1, -0.05) is 0 Å². The number of hydrogen-bond acceptors (Lipinski definition) is 4. The number of carboxylic acid groups (broad SMARTS) is 1. The molecule has 1 aromatic rings. The number of hydrogen-bond donors (Lipinski definition) is 1. The molecular formula is C12H17NO5S. The smallest absolute Gasteiger partial charge is 0.341 e. The summed E-state index contributed by atoms with van der Waals surface area (Å²) >= 11 is 0. The Morgan fingerprint density at radius 2 is 1.84 bits per heavy atom. The second-order valence-corrected chi connectivity index (χ2v) is 6.27. The maximum atomic E-state index is 12.1. The Morgan fingerprint density at radius 3 is 2.26 bits per heavy atom. The van der Waals surface area contributed by atoms with Crippen molar-refractivity contribution < 1.29 is 23.1 Å². The van der Waals surface area contributed by atoms with Gasteiger partial charge in [0.1, 0.15) is 5.75 Å². The van der Waals surface area contributed by atoms with Crippen LogP contribution in [0, 0.1) is 0 Å². The van der Waals surface area contributed by atoms with Gasteiger partial charge in [0.2, 0.25) is 10.0 Å². The first-order chi connectivity index (χ1) is 8.75. The summed E-state index contributed by atoms with van der Waals surface area (Å²) in [5.41, 5.74) is 0. The second-order valence-electron chi connectivity index (χ2n) is 4.27. The highest BCUT2D eigenvalue weighted by atomic mass is 32.2. The minimum absolute atomic E-state index is 0.145. The van der Waals surface area contributed by atoms with Gasteiger partial charge >= 0.3 is 5.97 Å². The monoisotopic (exact) mass is 287 g/mol. The summed E-state index contributed by atoms with van der Waals surface area (Å²) in [6.07, 6.45) is 0. The largest absolute Gasteiger partial charge is 0.482 e. The highest BCUT2D eigenvalue weighted by Crippen LogP contribution is 2.20. The molecule has 7 heteroatoms. The van der Waals surface area contributed by atoms with Gasteiger partial charge in [0.05, 0.1) is 4.90 Å². The van der Waals surface area contributed by atoms with Crippen LogP contribution >= 0.6 is 0 Å². The molecule has 0 amide bonds. The van der Waals surface area contributed by atoms with Crippen LogP contribution in [0.4, 0.5) is 0 Å². The molecule has 0 aliphatic heterocycles. The Labute approximate surface area is 112 Å². The summed E-state index contributed by atoms with van der Waals surface area (Å²) in [5, 5.41) is 8.46. The lowest BCUT2D eigenvalue weighted by atomic mass is 10.3. The summed E-state index contributed by atoms with van der Waals surface area (Å²) in [7, 11) is -2.02. The Hall–Kier alpha value is -1.60. The van der Waals surface area contributed by atoms with Crippen molar-refractivity contribution in [2.45, 2.75) is 24.8 Å². The predicted molar refractivity (Wildman–Crippen MR) is 69.7 cm³/mol. The van der Waals surface area contributed by atoms with Crippen molar-refractivity contribution in [2.24, 2.45) is 0 Å². The Bertz CT molecular complexity index is 536.